The van der Waals surface area contributed by atoms with Gasteiger partial charge in [-0.15, -0.1) is 0 Å². The summed E-state index contributed by atoms with van der Waals surface area (Å²) in [5.74, 6) is -1.20. The van der Waals surface area contributed by atoms with Crippen molar-refractivity contribution in [2.75, 3.05) is 18.2 Å². The van der Waals surface area contributed by atoms with E-state index >= 15 is 0 Å². The molecular weight excluding hydrogens is 294 g/mol. The van der Waals surface area contributed by atoms with Gasteiger partial charge in [0, 0.05) is 13.2 Å². The highest BCUT2D eigenvalue weighted by molar-refractivity contribution is 7.90. The van der Waals surface area contributed by atoms with Crippen molar-refractivity contribution < 1.29 is 22.7 Å². The number of hydrogen-bond acceptors (Lipinski definition) is 5. The molecule has 6 nitrogen and oxygen atoms in total. The first kappa shape index (κ1) is 15.5. The minimum atomic E-state index is -3.40. The summed E-state index contributed by atoms with van der Waals surface area (Å²) in [6.07, 6.45) is 1.04. The van der Waals surface area contributed by atoms with Crippen molar-refractivity contribution in [3.63, 3.8) is 0 Å². The van der Waals surface area contributed by atoms with E-state index in [-0.39, 0.29) is 15.6 Å². The molecule has 104 valence electrons. The molecule has 0 saturated carbocycles. The Labute approximate surface area is 115 Å². The van der Waals surface area contributed by atoms with Gasteiger partial charge in [-0.3, -0.25) is 9.59 Å². The number of nitrogens with one attached hydrogen (secondary N) is 1. The molecule has 0 aliphatic carbocycles. The van der Waals surface area contributed by atoms with Crippen molar-refractivity contribution in [1.29, 1.82) is 0 Å². The van der Waals surface area contributed by atoms with E-state index in [2.05, 4.69) is 10.1 Å². The van der Waals surface area contributed by atoms with E-state index < -0.39 is 28.3 Å². The van der Waals surface area contributed by atoms with Gasteiger partial charge >= 0.3 is 5.97 Å². The second-order valence-electron chi connectivity index (χ2n) is 3.74. The molecular formula is C11H12ClNO5S. The molecule has 1 aromatic rings. The lowest BCUT2D eigenvalue weighted by Gasteiger charge is -2.08. The summed E-state index contributed by atoms with van der Waals surface area (Å²) >= 11 is 5.84. The zero-order valence-electron chi connectivity index (χ0n) is 10.3. The second-order valence-corrected chi connectivity index (χ2v) is 6.17. The van der Waals surface area contributed by atoms with Crippen molar-refractivity contribution >= 4 is 39.0 Å². The maximum atomic E-state index is 11.4. The smallest absolute Gasteiger partial charge is 0.303 e. The Morgan fingerprint density at radius 2 is 2.00 bits per heavy atom. The normalized spacial score (nSPS) is 10.9. The van der Waals surface area contributed by atoms with Crippen molar-refractivity contribution in [3.8, 4) is 0 Å². The maximum Gasteiger partial charge on any atom is 0.303 e. The summed E-state index contributed by atoms with van der Waals surface area (Å²) in [4.78, 5) is 22.0. The van der Waals surface area contributed by atoms with E-state index in [1.807, 2.05) is 0 Å². The van der Waals surface area contributed by atoms with E-state index in [1.54, 1.807) is 0 Å². The fourth-order valence-electron chi connectivity index (χ4n) is 1.18. The van der Waals surface area contributed by atoms with Crippen LogP contribution in [0.25, 0.3) is 0 Å². The van der Waals surface area contributed by atoms with E-state index in [1.165, 1.54) is 25.1 Å². The van der Waals surface area contributed by atoms with Crippen LogP contribution in [0.3, 0.4) is 0 Å². The summed E-state index contributed by atoms with van der Waals surface area (Å²) < 4.78 is 27.2. The zero-order valence-corrected chi connectivity index (χ0v) is 11.8. The van der Waals surface area contributed by atoms with Crippen LogP contribution >= 0.6 is 11.6 Å². The predicted octanol–water partition coefficient (Wildman–Crippen LogP) is 1.25. The zero-order chi connectivity index (χ0) is 14.6. The van der Waals surface area contributed by atoms with Gasteiger partial charge in [-0.25, -0.2) is 8.42 Å². The summed E-state index contributed by atoms with van der Waals surface area (Å²) in [6.45, 7) is 0.708. The lowest BCUT2D eigenvalue weighted by Crippen LogP contribution is -2.20. The number of sulfone groups is 1. The average molecular weight is 306 g/mol. The molecule has 8 heteroatoms. The summed E-state index contributed by atoms with van der Waals surface area (Å²) in [7, 11) is -3.40. The third-order valence-electron chi connectivity index (χ3n) is 2.05. The lowest BCUT2D eigenvalue weighted by molar-refractivity contribution is -0.144. The summed E-state index contributed by atoms with van der Waals surface area (Å²) in [6, 6.07) is 3.93. The molecule has 0 aliphatic heterocycles. The summed E-state index contributed by atoms with van der Waals surface area (Å²) in [5.41, 5.74) is 0.141. The highest BCUT2D eigenvalue weighted by Crippen LogP contribution is 2.25. The molecule has 0 fully saturated rings. The largest absolute Gasteiger partial charge is 0.456 e. The first-order valence-electron chi connectivity index (χ1n) is 5.13. The van der Waals surface area contributed by atoms with E-state index in [9.17, 15) is 18.0 Å². The fourth-order valence-corrected chi connectivity index (χ4v) is 2.00. The Morgan fingerprint density at radius 3 is 2.53 bits per heavy atom. The van der Waals surface area contributed by atoms with Gasteiger partial charge in [0.15, 0.2) is 16.4 Å². The van der Waals surface area contributed by atoms with E-state index in [0.717, 1.165) is 6.26 Å². The van der Waals surface area contributed by atoms with Gasteiger partial charge in [-0.2, -0.15) is 0 Å². The van der Waals surface area contributed by atoms with Crippen molar-refractivity contribution in [1.82, 2.24) is 0 Å². The number of anilines is 1. The number of amides is 1. The van der Waals surface area contributed by atoms with Crippen LogP contribution in [0.4, 0.5) is 5.69 Å². The minimum Gasteiger partial charge on any atom is -0.456 e. The van der Waals surface area contributed by atoms with Gasteiger partial charge in [0.2, 0.25) is 0 Å². The highest BCUT2D eigenvalue weighted by Gasteiger charge is 2.12. The van der Waals surface area contributed by atoms with Gasteiger partial charge in [0.05, 0.1) is 15.6 Å². The molecule has 0 radical (unpaired) electrons. The molecule has 1 rings (SSSR count). The van der Waals surface area contributed by atoms with Crippen LogP contribution in [0.1, 0.15) is 6.92 Å². The molecule has 0 spiro atoms. The Kier molecular flexibility index (Phi) is 4.90. The van der Waals surface area contributed by atoms with Gasteiger partial charge in [-0.05, 0) is 18.2 Å². The second kappa shape index (κ2) is 6.03. The molecule has 0 heterocycles. The Hall–Kier alpha value is -1.60. The minimum absolute atomic E-state index is 0.0275. The number of benzene rings is 1. The molecule has 0 aliphatic rings. The predicted molar refractivity (Wildman–Crippen MR) is 69.8 cm³/mol. The third-order valence-corrected chi connectivity index (χ3v) is 3.49. The molecule has 0 bridgehead atoms. The molecule has 1 N–H and O–H groups in total. The monoisotopic (exact) mass is 305 g/mol. The molecule has 1 aromatic carbocycles. The number of ether oxygens (including phenoxy) is 1. The Bertz CT molecular complexity index is 612. The molecule has 0 aromatic heterocycles. The number of carbonyl (C=O) groups excluding carboxylic acids is 2. The van der Waals surface area contributed by atoms with Gasteiger partial charge in [0.25, 0.3) is 5.91 Å². The fraction of sp³-hybridized carbons (Fsp3) is 0.273. The van der Waals surface area contributed by atoms with E-state index in [4.69, 9.17) is 11.6 Å². The van der Waals surface area contributed by atoms with Gasteiger partial charge in [0.1, 0.15) is 0 Å². The van der Waals surface area contributed by atoms with Crippen LogP contribution in [0.2, 0.25) is 5.02 Å². The van der Waals surface area contributed by atoms with Crippen LogP contribution in [-0.2, 0) is 24.2 Å². The Morgan fingerprint density at radius 1 is 1.37 bits per heavy atom. The number of halogens is 1. The average Bonchev–Trinajstić information content (AvgIpc) is 2.28. The number of esters is 1. The van der Waals surface area contributed by atoms with Crippen molar-refractivity contribution in [2.45, 2.75) is 11.8 Å². The molecule has 19 heavy (non-hydrogen) atoms. The maximum absolute atomic E-state index is 11.4. The van der Waals surface area contributed by atoms with Crippen LogP contribution in [0, 0.1) is 0 Å². The van der Waals surface area contributed by atoms with Gasteiger partial charge < -0.3 is 10.1 Å². The SMILES string of the molecule is CC(=O)OCC(=O)Nc1cc(S(C)(=O)=O)ccc1Cl. The number of carbonyl (C=O) groups is 2. The molecule has 0 atom stereocenters. The Balaban J connectivity index is 2.89. The quantitative estimate of drug-likeness (QED) is 0.845. The first-order chi connectivity index (χ1) is 8.70. The third kappa shape index (κ3) is 4.88. The summed E-state index contributed by atoms with van der Waals surface area (Å²) in [5, 5.41) is 2.55. The number of hydrogen-bond donors (Lipinski definition) is 1. The highest BCUT2D eigenvalue weighted by atomic mass is 35.5. The molecule has 0 saturated heterocycles. The van der Waals surface area contributed by atoms with Gasteiger partial charge in [-0.1, -0.05) is 11.6 Å². The molecule has 0 unspecified atom stereocenters. The van der Waals surface area contributed by atoms with Crippen molar-refractivity contribution in [3.05, 3.63) is 23.2 Å². The lowest BCUT2D eigenvalue weighted by atomic mass is 10.3. The molecule has 1 amide bonds. The topological polar surface area (TPSA) is 89.5 Å². The van der Waals surface area contributed by atoms with Crippen LogP contribution in [0.5, 0.6) is 0 Å². The number of rotatable bonds is 4. The van der Waals surface area contributed by atoms with E-state index in [0.29, 0.717) is 0 Å². The first-order valence-corrected chi connectivity index (χ1v) is 7.40. The van der Waals surface area contributed by atoms with Crippen molar-refractivity contribution in [2.24, 2.45) is 0 Å². The van der Waals surface area contributed by atoms with Crippen LogP contribution in [-0.4, -0.2) is 33.2 Å². The van der Waals surface area contributed by atoms with Crippen LogP contribution in [0.15, 0.2) is 23.1 Å². The van der Waals surface area contributed by atoms with Crippen LogP contribution < -0.4 is 5.32 Å². The standard InChI is InChI=1S/C11H12ClNO5S/c1-7(14)18-6-11(15)13-10-5-8(19(2,16)17)3-4-9(10)12/h3-5H,6H2,1-2H3,(H,13,15).